The summed E-state index contributed by atoms with van der Waals surface area (Å²) < 4.78 is 5.85. The normalized spacial score (nSPS) is 16.3. The zero-order valence-electron chi connectivity index (χ0n) is 14.3. The van der Waals surface area contributed by atoms with Crippen molar-refractivity contribution < 1.29 is 9.21 Å². The van der Waals surface area contributed by atoms with Crippen molar-refractivity contribution in [3.63, 3.8) is 0 Å². The molecular weight excluding hydrogens is 334 g/mol. The lowest BCUT2D eigenvalue weighted by Gasteiger charge is -2.20. The van der Waals surface area contributed by atoms with E-state index in [1.165, 1.54) is 0 Å². The summed E-state index contributed by atoms with van der Waals surface area (Å²) in [6, 6.07) is 7.82. The van der Waals surface area contributed by atoms with Gasteiger partial charge >= 0.3 is 0 Å². The predicted octanol–water partition coefficient (Wildman–Crippen LogP) is 3.55. The Morgan fingerprint density at radius 1 is 1.24 bits per heavy atom. The molecule has 1 aliphatic heterocycles. The molecule has 4 rings (SSSR count). The largest absolute Gasteiger partial charge is 0.451 e. The van der Waals surface area contributed by atoms with Gasteiger partial charge in [-0.15, -0.1) is 11.3 Å². The lowest BCUT2D eigenvalue weighted by molar-refractivity contribution is 0.0730. The van der Waals surface area contributed by atoms with Crippen molar-refractivity contribution in [1.82, 2.24) is 14.8 Å². The van der Waals surface area contributed by atoms with E-state index in [0.717, 1.165) is 60.7 Å². The second-order valence-electron chi connectivity index (χ2n) is 6.40. The van der Waals surface area contributed by atoms with Gasteiger partial charge in [0.25, 0.3) is 5.91 Å². The zero-order valence-corrected chi connectivity index (χ0v) is 15.1. The number of nitrogens with zero attached hydrogens (tertiary/aromatic N) is 3. The molecule has 1 aliphatic rings. The highest BCUT2D eigenvalue weighted by Crippen LogP contribution is 2.26. The number of furan rings is 1. The number of fused-ring (bicyclic) bond motifs is 1. The van der Waals surface area contributed by atoms with Gasteiger partial charge in [-0.1, -0.05) is 18.2 Å². The molecule has 1 saturated heterocycles. The highest BCUT2D eigenvalue weighted by Gasteiger charge is 2.25. The number of carbonyl (C=O) groups excluding carboxylic acids is 1. The minimum atomic E-state index is 0.00444. The molecule has 0 N–H and O–H groups in total. The van der Waals surface area contributed by atoms with Crippen LogP contribution >= 0.6 is 11.3 Å². The van der Waals surface area contributed by atoms with Crippen LogP contribution in [0, 0.1) is 6.92 Å². The lowest BCUT2D eigenvalue weighted by Crippen LogP contribution is -2.35. The molecule has 0 bridgehead atoms. The van der Waals surface area contributed by atoms with Crippen molar-refractivity contribution in [2.75, 3.05) is 26.2 Å². The summed E-state index contributed by atoms with van der Waals surface area (Å²) in [7, 11) is 0. The summed E-state index contributed by atoms with van der Waals surface area (Å²) in [4.78, 5) is 21.6. The number of thiazole rings is 1. The average molecular weight is 355 g/mol. The van der Waals surface area contributed by atoms with Crippen LogP contribution in [-0.4, -0.2) is 46.9 Å². The summed E-state index contributed by atoms with van der Waals surface area (Å²) in [5.74, 6) is 0.486. The van der Waals surface area contributed by atoms with Gasteiger partial charge in [0.15, 0.2) is 5.76 Å². The number of aryl methyl sites for hydroxylation is 1. The van der Waals surface area contributed by atoms with E-state index in [9.17, 15) is 4.79 Å². The topological polar surface area (TPSA) is 49.6 Å². The highest BCUT2D eigenvalue weighted by molar-refractivity contribution is 7.09. The van der Waals surface area contributed by atoms with Crippen molar-refractivity contribution in [3.8, 4) is 0 Å². The molecule has 0 atom stereocenters. The maximum Gasteiger partial charge on any atom is 0.289 e. The number of benzene rings is 1. The first kappa shape index (κ1) is 16.3. The van der Waals surface area contributed by atoms with Gasteiger partial charge in [-0.25, -0.2) is 4.98 Å². The first-order valence-electron chi connectivity index (χ1n) is 8.60. The fourth-order valence-corrected chi connectivity index (χ4v) is 4.03. The second-order valence-corrected chi connectivity index (χ2v) is 7.38. The van der Waals surface area contributed by atoms with E-state index < -0.39 is 0 Å². The number of rotatable bonds is 3. The van der Waals surface area contributed by atoms with Crippen molar-refractivity contribution in [2.24, 2.45) is 0 Å². The average Bonchev–Trinajstić information content (AvgIpc) is 3.18. The van der Waals surface area contributed by atoms with Crippen LogP contribution in [0.1, 0.15) is 27.5 Å². The standard InChI is InChI=1S/C19H21N3O2S/c1-14-15-5-2-3-6-16(15)24-18(14)19(23)22-9-4-8-21(10-11-22)13-17-20-7-12-25-17/h2-3,5-7,12H,4,8-11,13H2,1H3. The predicted molar refractivity (Wildman–Crippen MR) is 98.9 cm³/mol. The Labute approximate surface area is 150 Å². The van der Waals surface area contributed by atoms with Crippen LogP contribution in [0.4, 0.5) is 0 Å². The molecule has 1 fully saturated rings. The summed E-state index contributed by atoms with van der Waals surface area (Å²) in [5.41, 5.74) is 1.72. The Morgan fingerprint density at radius 2 is 2.12 bits per heavy atom. The SMILES string of the molecule is Cc1c(C(=O)N2CCCN(Cc3nccs3)CC2)oc2ccccc12. The monoisotopic (exact) mass is 355 g/mol. The van der Waals surface area contributed by atoms with Crippen LogP contribution in [0.5, 0.6) is 0 Å². The minimum Gasteiger partial charge on any atom is -0.451 e. The van der Waals surface area contributed by atoms with Crippen LogP contribution in [0.25, 0.3) is 11.0 Å². The molecule has 1 amide bonds. The van der Waals surface area contributed by atoms with Crippen molar-refractivity contribution in [1.29, 1.82) is 0 Å². The van der Waals surface area contributed by atoms with Crippen LogP contribution in [0.3, 0.4) is 0 Å². The molecular formula is C19H21N3O2S. The third-order valence-electron chi connectivity index (χ3n) is 4.76. The third kappa shape index (κ3) is 3.32. The number of hydrogen-bond donors (Lipinski definition) is 0. The molecule has 25 heavy (non-hydrogen) atoms. The Bertz CT molecular complexity index is 872. The number of aromatic nitrogens is 1. The van der Waals surface area contributed by atoms with Gasteiger partial charge in [-0.2, -0.15) is 0 Å². The van der Waals surface area contributed by atoms with Gasteiger partial charge in [0.1, 0.15) is 10.6 Å². The minimum absolute atomic E-state index is 0.00444. The molecule has 3 aromatic rings. The van der Waals surface area contributed by atoms with E-state index in [4.69, 9.17) is 4.42 Å². The Morgan fingerprint density at radius 3 is 2.92 bits per heavy atom. The molecule has 2 aromatic heterocycles. The van der Waals surface area contributed by atoms with Gasteiger partial charge in [0.2, 0.25) is 0 Å². The van der Waals surface area contributed by atoms with E-state index in [0.29, 0.717) is 5.76 Å². The van der Waals surface area contributed by atoms with Gasteiger partial charge < -0.3 is 9.32 Å². The Hall–Kier alpha value is -2.18. The second kappa shape index (κ2) is 6.98. The Balaban J connectivity index is 1.47. The summed E-state index contributed by atoms with van der Waals surface area (Å²) in [6.45, 7) is 6.17. The molecule has 1 aromatic carbocycles. The first-order chi connectivity index (χ1) is 12.2. The van der Waals surface area contributed by atoms with E-state index >= 15 is 0 Å². The molecule has 5 nitrogen and oxygen atoms in total. The van der Waals surface area contributed by atoms with Crippen LogP contribution in [0.15, 0.2) is 40.3 Å². The van der Waals surface area contributed by atoms with Crippen molar-refractivity contribution in [3.05, 3.63) is 52.2 Å². The van der Waals surface area contributed by atoms with Crippen molar-refractivity contribution >= 4 is 28.2 Å². The summed E-state index contributed by atoms with van der Waals surface area (Å²) in [5, 5.41) is 4.16. The molecule has 0 unspecified atom stereocenters. The van der Waals surface area contributed by atoms with E-state index in [1.807, 2.05) is 47.7 Å². The lowest BCUT2D eigenvalue weighted by atomic mass is 10.1. The van der Waals surface area contributed by atoms with Gasteiger partial charge in [-0.3, -0.25) is 9.69 Å². The molecule has 0 spiro atoms. The summed E-state index contributed by atoms with van der Waals surface area (Å²) in [6.07, 6.45) is 2.81. The van der Waals surface area contributed by atoms with Gasteiger partial charge in [-0.05, 0) is 19.4 Å². The number of carbonyl (C=O) groups is 1. The van der Waals surface area contributed by atoms with E-state index in [2.05, 4.69) is 9.88 Å². The maximum atomic E-state index is 13.0. The quantitative estimate of drug-likeness (QED) is 0.721. The van der Waals surface area contributed by atoms with Crippen LogP contribution in [0.2, 0.25) is 0 Å². The highest BCUT2D eigenvalue weighted by atomic mass is 32.1. The van der Waals surface area contributed by atoms with Crippen LogP contribution < -0.4 is 0 Å². The molecule has 6 heteroatoms. The van der Waals surface area contributed by atoms with Crippen molar-refractivity contribution in [2.45, 2.75) is 19.9 Å². The molecule has 0 saturated carbocycles. The summed E-state index contributed by atoms with van der Waals surface area (Å²) >= 11 is 1.68. The fourth-order valence-electron chi connectivity index (χ4n) is 3.38. The fraction of sp³-hybridized carbons (Fsp3) is 0.368. The van der Waals surface area contributed by atoms with E-state index in [-0.39, 0.29) is 5.91 Å². The van der Waals surface area contributed by atoms with Gasteiger partial charge in [0.05, 0.1) is 6.54 Å². The number of para-hydroxylation sites is 1. The molecule has 3 heterocycles. The van der Waals surface area contributed by atoms with E-state index in [1.54, 1.807) is 11.3 Å². The third-order valence-corrected chi connectivity index (χ3v) is 5.52. The molecule has 0 radical (unpaired) electrons. The number of amides is 1. The maximum absolute atomic E-state index is 13.0. The zero-order chi connectivity index (χ0) is 17.2. The Kier molecular flexibility index (Phi) is 4.55. The van der Waals surface area contributed by atoms with Crippen LogP contribution in [-0.2, 0) is 6.54 Å². The molecule has 0 aliphatic carbocycles. The smallest absolute Gasteiger partial charge is 0.289 e. The molecule has 130 valence electrons. The van der Waals surface area contributed by atoms with Gasteiger partial charge in [0, 0.05) is 48.7 Å². The first-order valence-corrected chi connectivity index (χ1v) is 9.48. The number of hydrogen-bond acceptors (Lipinski definition) is 5.